The van der Waals surface area contributed by atoms with Gasteiger partial charge in [-0.3, -0.25) is 9.59 Å². The number of aromatic hydroxyl groups is 8. The lowest BCUT2D eigenvalue weighted by Gasteiger charge is -2.46. The molecule has 0 radical (unpaired) electrons. The SMILES string of the molecule is O=C(C=Cc1ccc(O)c(O)c1)OCC1OC(Oc2cc(O)c3cc(OC4OC(COC(=O)CC(=O)OC(C(=O)O)C(O)C(=O)O)C(O)C(O)C4OC4OC(CO)C(O)C(O)C4OC(=O)C=Cc4ccc(O)c(O)c4)c(-c4cc(O)c(O)c(O)c4)[o+]c3c2)C(O)C(O)C1O. The highest BCUT2D eigenvalue weighted by atomic mass is 16.8. The molecule has 506 valence electrons. The van der Waals surface area contributed by atoms with E-state index in [2.05, 4.69) is 4.74 Å². The van der Waals surface area contributed by atoms with E-state index >= 15 is 0 Å². The van der Waals surface area contributed by atoms with Crippen molar-refractivity contribution in [1.82, 2.24) is 0 Å². The summed E-state index contributed by atoms with van der Waals surface area (Å²) in [6.07, 6.45) is -34.7. The molecule has 0 saturated carbocycles. The van der Waals surface area contributed by atoms with Gasteiger partial charge in [-0.25, -0.2) is 23.6 Å². The summed E-state index contributed by atoms with van der Waals surface area (Å²) in [5, 5.41) is 199. The van der Waals surface area contributed by atoms with Crippen LogP contribution in [0.15, 0.2) is 83.3 Å². The first kappa shape index (κ1) is 69.9. The van der Waals surface area contributed by atoms with Crippen molar-refractivity contribution in [3.05, 3.63) is 90.0 Å². The Morgan fingerprint density at radius 2 is 1.09 bits per heavy atom. The number of carbonyl (C=O) groups is 6. The minimum atomic E-state index is -2.80. The van der Waals surface area contributed by atoms with Gasteiger partial charge in [0, 0.05) is 36.4 Å². The summed E-state index contributed by atoms with van der Waals surface area (Å²) in [5.41, 5.74) is -0.500. The van der Waals surface area contributed by atoms with Gasteiger partial charge in [0.1, 0.15) is 97.6 Å². The van der Waals surface area contributed by atoms with E-state index in [4.69, 9.17) is 52.2 Å². The van der Waals surface area contributed by atoms with Gasteiger partial charge in [0.15, 0.2) is 64.8 Å². The van der Waals surface area contributed by atoms with E-state index in [1.807, 2.05) is 0 Å². The molecule has 0 bridgehead atoms. The van der Waals surface area contributed by atoms with E-state index < -0.39 is 241 Å². The number of aliphatic hydroxyl groups is 9. The molecule has 19 N–H and O–H groups in total. The molecule has 94 heavy (non-hydrogen) atoms. The molecule has 3 saturated heterocycles. The second-order valence-electron chi connectivity index (χ2n) is 20.8. The normalized spacial score (nSPS) is 26.8. The first-order valence-corrected chi connectivity index (χ1v) is 27.4. The maximum Gasteiger partial charge on any atom is 0.402 e. The third kappa shape index (κ3) is 16.3. The fourth-order valence-electron chi connectivity index (χ4n) is 9.31. The smallest absolute Gasteiger partial charge is 0.402 e. The predicted molar refractivity (Wildman–Crippen MR) is 299 cm³/mol. The fourth-order valence-corrected chi connectivity index (χ4v) is 9.31. The van der Waals surface area contributed by atoms with Crippen molar-refractivity contribution in [1.29, 1.82) is 0 Å². The number of hydrogen-bond donors (Lipinski definition) is 19. The van der Waals surface area contributed by atoms with Crippen LogP contribution in [0.2, 0.25) is 0 Å². The predicted octanol–water partition coefficient (Wildman–Crippen LogP) is -2.88. The molecule has 17 unspecified atom stereocenters. The summed E-state index contributed by atoms with van der Waals surface area (Å²) >= 11 is 0. The highest BCUT2D eigenvalue weighted by molar-refractivity contribution is 5.94. The van der Waals surface area contributed by atoms with E-state index in [9.17, 15) is 121 Å². The van der Waals surface area contributed by atoms with Crippen LogP contribution >= 0.6 is 0 Å². The van der Waals surface area contributed by atoms with Gasteiger partial charge in [0.2, 0.25) is 24.4 Å². The molecule has 3 aliphatic heterocycles. The molecule has 5 aromatic rings. The lowest BCUT2D eigenvalue weighted by Crippen LogP contribution is -2.65. The average Bonchev–Trinajstić information content (AvgIpc) is 0.767. The topological polar surface area (TPSA) is 590 Å². The quantitative estimate of drug-likeness (QED) is 0.00780. The highest BCUT2D eigenvalue weighted by Crippen LogP contribution is 2.46. The zero-order valence-electron chi connectivity index (χ0n) is 47.7. The van der Waals surface area contributed by atoms with Gasteiger partial charge in [-0.1, -0.05) is 12.1 Å². The Balaban J connectivity index is 1.12. The third-order valence-electron chi connectivity index (χ3n) is 14.3. The van der Waals surface area contributed by atoms with E-state index in [0.29, 0.717) is 0 Å². The number of rotatable bonds is 23. The van der Waals surface area contributed by atoms with Crippen LogP contribution in [-0.2, 0) is 66.7 Å². The number of fused-ring (bicyclic) bond motifs is 1. The van der Waals surface area contributed by atoms with E-state index in [1.54, 1.807) is 0 Å². The van der Waals surface area contributed by atoms with Gasteiger partial charge in [0.25, 0.3) is 0 Å². The Bertz CT molecular complexity index is 3660. The highest BCUT2D eigenvalue weighted by Gasteiger charge is 2.54. The number of carbonyl (C=O) groups excluding carboxylic acids is 4. The molecule has 4 aromatic carbocycles. The lowest BCUT2D eigenvalue weighted by molar-refractivity contribution is -0.358. The summed E-state index contributed by atoms with van der Waals surface area (Å²) < 4.78 is 61.6. The zero-order valence-corrected chi connectivity index (χ0v) is 47.7. The Hall–Kier alpha value is -9.93. The number of carboxylic acids is 2. The van der Waals surface area contributed by atoms with Crippen molar-refractivity contribution in [3.8, 4) is 68.8 Å². The summed E-state index contributed by atoms with van der Waals surface area (Å²) in [6.45, 7) is -3.05. The molecule has 3 aliphatic rings. The number of benzene rings is 4. The van der Waals surface area contributed by atoms with Crippen LogP contribution in [-0.4, -0.2) is 257 Å². The second kappa shape index (κ2) is 29.8. The van der Waals surface area contributed by atoms with Gasteiger partial charge in [0.05, 0.1) is 18.2 Å². The lowest BCUT2D eigenvalue weighted by atomic mass is 9.97. The van der Waals surface area contributed by atoms with Crippen LogP contribution in [0.1, 0.15) is 17.5 Å². The maximum absolute atomic E-state index is 13.3. The average molecular weight is 1330 g/mol. The van der Waals surface area contributed by atoms with Crippen LogP contribution in [0, 0.1) is 0 Å². The molecule has 3 fully saturated rings. The Morgan fingerprint density at radius 3 is 1.67 bits per heavy atom. The number of aliphatic hydroxyl groups excluding tert-OH is 9. The molecule has 36 nitrogen and oxygen atoms in total. The van der Waals surface area contributed by atoms with E-state index in [0.717, 1.165) is 72.8 Å². The molecule has 17 atom stereocenters. The van der Waals surface area contributed by atoms with Crippen LogP contribution in [0.3, 0.4) is 0 Å². The van der Waals surface area contributed by atoms with Gasteiger partial charge >= 0.3 is 47.2 Å². The first-order valence-electron chi connectivity index (χ1n) is 27.4. The minimum Gasteiger partial charge on any atom is -0.507 e. The number of phenolic OH excluding ortho intramolecular Hbond substituents is 8. The molecular weight excluding hydrogens is 1270 g/mol. The number of aliphatic carboxylic acids is 2. The van der Waals surface area contributed by atoms with Crippen molar-refractivity contribution < 1.29 is 178 Å². The van der Waals surface area contributed by atoms with Gasteiger partial charge < -0.3 is 144 Å². The standard InChI is InChI=1S/C58H58O36/c59-17-34-42(72)46(76)52(92-38(68)8-4-21-2-6-26(61)29(64)10-21)58(89-34)94-53-47(77)44(74)36(19-85-39(69)16-40(70)93-51(55(82)83)49(79)54(80)81)91-57(53)88-33-15-24-27(62)13-23(14-32(24)87-50(33)22-11-30(65)41(71)31(66)12-22)86-56-48(78)45(75)43(73)35(90-56)18-84-37(67)7-3-20-1-5-25(60)28(63)9-20/h1-15,34-36,42-49,51-53,56-59,72-79H,16-19H2,(H9-,60,61,62,63,64,65,66,67,68,71,80,81,82,83)/p+1. The van der Waals surface area contributed by atoms with Gasteiger partial charge in [-0.15, -0.1) is 0 Å². The molecule has 4 heterocycles. The molecule has 36 heteroatoms. The number of esters is 4. The van der Waals surface area contributed by atoms with Gasteiger partial charge in [-0.2, -0.15) is 0 Å². The molecule has 8 rings (SSSR count). The molecule has 1 aromatic heterocycles. The summed E-state index contributed by atoms with van der Waals surface area (Å²) in [6, 6.07) is 11.4. The molecule has 0 amide bonds. The maximum atomic E-state index is 13.3. The van der Waals surface area contributed by atoms with Crippen LogP contribution < -0.4 is 9.47 Å². The number of carboxylic acid groups (broad SMARTS) is 2. The fraction of sp³-hybridized carbons (Fsp3) is 0.362. The van der Waals surface area contributed by atoms with Crippen LogP contribution in [0.4, 0.5) is 0 Å². The van der Waals surface area contributed by atoms with Crippen LogP contribution in [0.5, 0.6) is 57.5 Å². The first-order chi connectivity index (χ1) is 44.4. The summed E-state index contributed by atoms with van der Waals surface area (Å²) in [5.74, 6) is -17.7. The third-order valence-corrected chi connectivity index (χ3v) is 14.3. The summed E-state index contributed by atoms with van der Waals surface area (Å²) in [7, 11) is 0. The van der Waals surface area contributed by atoms with Crippen molar-refractivity contribution in [2.45, 2.75) is 111 Å². The Morgan fingerprint density at radius 1 is 0.532 bits per heavy atom. The van der Waals surface area contributed by atoms with E-state index in [1.165, 1.54) is 18.2 Å². The van der Waals surface area contributed by atoms with Crippen LogP contribution in [0.25, 0.3) is 34.4 Å². The Kier molecular flexibility index (Phi) is 22.2. The van der Waals surface area contributed by atoms with Crippen molar-refractivity contribution in [2.75, 3.05) is 19.8 Å². The van der Waals surface area contributed by atoms with Crippen molar-refractivity contribution in [3.63, 3.8) is 0 Å². The largest absolute Gasteiger partial charge is 0.507 e. The van der Waals surface area contributed by atoms with Gasteiger partial charge in [-0.05, 0) is 47.5 Å². The second-order valence-corrected chi connectivity index (χ2v) is 20.8. The molecule has 0 aliphatic carbocycles. The molecular formula is C58H59O36+. The molecule has 0 spiro atoms. The van der Waals surface area contributed by atoms with Crippen molar-refractivity contribution in [2.24, 2.45) is 0 Å². The minimum absolute atomic E-state index is 0.117. The zero-order chi connectivity index (χ0) is 68.7. The monoisotopic (exact) mass is 1330 g/mol. The van der Waals surface area contributed by atoms with E-state index in [-0.39, 0.29) is 16.5 Å². The summed E-state index contributed by atoms with van der Waals surface area (Å²) in [4.78, 5) is 74.2. The Labute approximate surface area is 524 Å². The number of hydrogen-bond acceptors (Lipinski definition) is 33. The van der Waals surface area contributed by atoms with Crippen molar-refractivity contribution >= 4 is 58.9 Å². The number of phenols is 8. The number of ether oxygens (including phenoxy) is 10.